The molecule has 0 saturated carbocycles. The van der Waals surface area contributed by atoms with Gasteiger partial charge in [0.2, 0.25) is 10.0 Å². The summed E-state index contributed by atoms with van der Waals surface area (Å²) in [5.41, 5.74) is 1.29. The second kappa shape index (κ2) is 7.63. The highest BCUT2D eigenvalue weighted by atomic mass is 32.2. The van der Waals surface area contributed by atoms with E-state index in [4.69, 9.17) is 0 Å². The molecule has 0 atom stereocenters. The van der Waals surface area contributed by atoms with Gasteiger partial charge in [-0.25, -0.2) is 18.0 Å². The van der Waals surface area contributed by atoms with Crippen LogP contribution < -0.4 is 10.0 Å². The van der Waals surface area contributed by atoms with Crippen molar-refractivity contribution in [2.45, 2.75) is 6.92 Å². The Balaban J connectivity index is 3.14. The first-order valence-corrected chi connectivity index (χ1v) is 8.29. The zero-order valence-corrected chi connectivity index (χ0v) is 14.0. The topological polar surface area (TPSA) is 111 Å². The van der Waals surface area contributed by atoms with Crippen LogP contribution >= 0.6 is 0 Å². The van der Waals surface area contributed by atoms with Crippen LogP contribution in [-0.4, -0.2) is 40.8 Å². The third-order valence-corrected chi connectivity index (χ3v) is 3.27. The molecular weight excluding hydrogens is 324 g/mol. The summed E-state index contributed by atoms with van der Waals surface area (Å²) < 4.78 is 34.1. The molecule has 0 radical (unpaired) electrons. The van der Waals surface area contributed by atoms with Crippen LogP contribution in [0.2, 0.25) is 0 Å². The number of anilines is 2. The van der Waals surface area contributed by atoms with Crippen LogP contribution in [-0.2, 0) is 29.1 Å². The lowest BCUT2D eigenvalue weighted by Crippen LogP contribution is -2.16. The van der Waals surface area contributed by atoms with Gasteiger partial charge in [-0.3, -0.25) is 4.72 Å². The average molecular weight is 342 g/mol. The molecule has 8 nitrogen and oxygen atoms in total. The molecule has 1 rings (SSSR count). The molecule has 0 fully saturated rings. The third kappa shape index (κ3) is 5.99. The highest BCUT2D eigenvalue weighted by Crippen LogP contribution is 2.22. The Labute approximate surface area is 134 Å². The summed E-state index contributed by atoms with van der Waals surface area (Å²) in [7, 11) is -1.11. The van der Waals surface area contributed by atoms with E-state index in [1.54, 1.807) is 19.1 Å². The Morgan fingerprint density at radius 2 is 1.83 bits per heavy atom. The predicted molar refractivity (Wildman–Crippen MR) is 85.4 cm³/mol. The average Bonchev–Trinajstić information content (AvgIpc) is 2.47. The van der Waals surface area contributed by atoms with Crippen molar-refractivity contribution in [2.24, 2.45) is 0 Å². The van der Waals surface area contributed by atoms with Crippen molar-refractivity contribution in [3.05, 3.63) is 35.5 Å². The Hall–Kier alpha value is -2.55. The normalized spacial score (nSPS) is 11.6. The van der Waals surface area contributed by atoms with Gasteiger partial charge >= 0.3 is 11.9 Å². The van der Waals surface area contributed by atoms with Crippen LogP contribution in [0.1, 0.15) is 5.56 Å². The molecule has 0 bridgehead atoms. The predicted octanol–water partition coefficient (Wildman–Crippen LogP) is 1.01. The van der Waals surface area contributed by atoms with E-state index in [1.165, 1.54) is 20.3 Å². The van der Waals surface area contributed by atoms with E-state index in [0.29, 0.717) is 16.9 Å². The summed E-state index contributed by atoms with van der Waals surface area (Å²) in [6, 6.07) is 4.77. The summed E-state index contributed by atoms with van der Waals surface area (Å²) >= 11 is 0. The standard InChI is InChI=1S/C14H18N2O6S/c1-9-5-6-10(7-11(9)16-23(4,19)20)15-12(14(18)22-3)8-13(17)21-2/h5-8,15-16H,1-4H3/b12-8+. The highest BCUT2D eigenvalue weighted by molar-refractivity contribution is 7.92. The maximum atomic E-state index is 11.7. The first-order valence-electron chi connectivity index (χ1n) is 6.39. The van der Waals surface area contributed by atoms with Crippen molar-refractivity contribution >= 4 is 33.3 Å². The van der Waals surface area contributed by atoms with Gasteiger partial charge < -0.3 is 14.8 Å². The first-order chi connectivity index (χ1) is 10.7. The summed E-state index contributed by atoms with van der Waals surface area (Å²) in [4.78, 5) is 23.0. The SMILES string of the molecule is COC(=O)/C=C(/Nc1ccc(C)c(NS(C)(=O)=O)c1)C(=O)OC. The van der Waals surface area contributed by atoms with Gasteiger partial charge in [0.25, 0.3) is 0 Å². The van der Waals surface area contributed by atoms with Crippen molar-refractivity contribution in [1.82, 2.24) is 0 Å². The Bertz CT molecular complexity index is 740. The minimum Gasteiger partial charge on any atom is -0.466 e. The zero-order valence-electron chi connectivity index (χ0n) is 13.2. The quantitative estimate of drug-likeness (QED) is 0.586. The number of carbonyl (C=O) groups is 2. The van der Waals surface area contributed by atoms with E-state index in [-0.39, 0.29) is 5.70 Å². The number of sulfonamides is 1. The number of methoxy groups -OCH3 is 2. The fourth-order valence-electron chi connectivity index (χ4n) is 1.60. The molecule has 23 heavy (non-hydrogen) atoms. The van der Waals surface area contributed by atoms with Crippen molar-refractivity contribution in [3.63, 3.8) is 0 Å². The van der Waals surface area contributed by atoms with E-state index in [9.17, 15) is 18.0 Å². The second-order valence-corrected chi connectivity index (χ2v) is 6.35. The van der Waals surface area contributed by atoms with Crippen LogP contribution in [0.4, 0.5) is 11.4 Å². The molecule has 0 aliphatic rings. The summed E-state index contributed by atoms with van der Waals surface area (Å²) in [5.74, 6) is -1.51. The van der Waals surface area contributed by atoms with Gasteiger partial charge in [-0.1, -0.05) is 6.07 Å². The largest absolute Gasteiger partial charge is 0.466 e. The maximum Gasteiger partial charge on any atom is 0.354 e. The highest BCUT2D eigenvalue weighted by Gasteiger charge is 2.14. The molecule has 0 spiro atoms. The fourth-order valence-corrected chi connectivity index (χ4v) is 2.22. The Kier molecular flexibility index (Phi) is 6.14. The first kappa shape index (κ1) is 18.5. The lowest BCUT2D eigenvalue weighted by molar-refractivity contribution is -0.138. The van der Waals surface area contributed by atoms with Gasteiger partial charge in [-0.2, -0.15) is 0 Å². The van der Waals surface area contributed by atoms with E-state index >= 15 is 0 Å². The minimum atomic E-state index is -3.45. The molecule has 126 valence electrons. The molecule has 0 heterocycles. The molecule has 0 saturated heterocycles. The number of aryl methyl sites for hydroxylation is 1. The van der Waals surface area contributed by atoms with Crippen molar-refractivity contribution in [3.8, 4) is 0 Å². The van der Waals surface area contributed by atoms with Gasteiger partial charge in [0.1, 0.15) is 5.70 Å². The third-order valence-electron chi connectivity index (χ3n) is 2.68. The molecule has 0 aromatic heterocycles. The van der Waals surface area contributed by atoms with E-state index in [1.807, 2.05) is 0 Å². The Morgan fingerprint density at radius 1 is 1.17 bits per heavy atom. The number of benzene rings is 1. The molecule has 1 aromatic rings. The number of ether oxygens (including phenoxy) is 2. The lowest BCUT2D eigenvalue weighted by Gasteiger charge is -2.13. The van der Waals surface area contributed by atoms with Crippen LogP contribution in [0, 0.1) is 6.92 Å². The van der Waals surface area contributed by atoms with Gasteiger partial charge in [0, 0.05) is 5.69 Å². The number of carbonyl (C=O) groups excluding carboxylic acids is 2. The van der Waals surface area contributed by atoms with Gasteiger partial charge in [0.15, 0.2) is 0 Å². The lowest BCUT2D eigenvalue weighted by atomic mass is 10.2. The molecule has 2 N–H and O–H groups in total. The maximum absolute atomic E-state index is 11.7. The molecular formula is C14H18N2O6S. The molecule has 0 unspecified atom stereocenters. The van der Waals surface area contributed by atoms with Gasteiger partial charge in [-0.15, -0.1) is 0 Å². The van der Waals surface area contributed by atoms with Crippen molar-refractivity contribution < 1.29 is 27.5 Å². The number of nitrogens with one attached hydrogen (secondary N) is 2. The van der Waals surface area contributed by atoms with E-state index in [0.717, 1.165) is 12.3 Å². The van der Waals surface area contributed by atoms with Gasteiger partial charge in [-0.05, 0) is 24.6 Å². The fraction of sp³-hybridized carbons (Fsp3) is 0.286. The zero-order chi connectivity index (χ0) is 17.6. The second-order valence-electron chi connectivity index (χ2n) is 4.60. The number of hydrogen-bond donors (Lipinski definition) is 2. The van der Waals surface area contributed by atoms with Crippen LogP contribution in [0.5, 0.6) is 0 Å². The van der Waals surface area contributed by atoms with Gasteiger partial charge in [0.05, 0.1) is 32.2 Å². The molecule has 0 aliphatic carbocycles. The number of rotatable bonds is 6. The molecule has 0 amide bonds. The molecule has 1 aromatic carbocycles. The summed E-state index contributed by atoms with van der Waals surface area (Å²) in [5, 5.41) is 2.70. The van der Waals surface area contributed by atoms with Crippen LogP contribution in [0.25, 0.3) is 0 Å². The molecule has 0 aliphatic heterocycles. The number of esters is 2. The van der Waals surface area contributed by atoms with Crippen LogP contribution in [0.3, 0.4) is 0 Å². The Morgan fingerprint density at radius 3 is 2.35 bits per heavy atom. The minimum absolute atomic E-state index is 0.145. The molecule has 9 heteroatoms. The summed E-state index contributed by atoms with van der Waals surface area (Å²) in [6.07, 6.45) is 1.97. The van der Waals surface area contributed by atoms with E-state index < -0.39 is 22.0 Å². The van der Waals surface area contributed by atoms with Crippen LogP contribution in [0.15, 0.2) is 30.0 Å². The van der Waals surface area contributed by atoms with E-state index in [2.05, 4.69) is 19.5 Å². The van der Waals surface area contributed by atoms with Crippen molar-refractivity contribution in [1.29, 1.82) is 0 Å². The monoisotopic (exact) mass is 342 g/mol. The van der Waals surface area contributed by atoms with Crippen molar-refractivity contribution in [2.75, 3.05) is 30.5 Å². The number of hydrogen-bond acceptors (Lipinski definition) is 7. The smallest absolute Gasteiger partial charge is 0.354 e. The summed E-state index contributed by atoms with van der Waals surface area (Å²) in [6.45, 7) is 1.72.